The standard InChI is InChI=1S/C26H24N4O3S/c1-33-20-13-11-19(12-14-20)30(16-15-23(27)31)24(32)17-34-26-22-10-6-5-9-21(22)25(28-29-26)18-7-3-2-4-8-18/h2-14H,15-17H2,1H3,(H2,27,31). The molecule has 0 unspecified atom stereocenters. The molecule has 2 N–H and O–H groups in total. The van der Waals surface area contributed by atoms with Crippen molar-refractivity contribution in [3.8, 4) is 17.0 Å². The van der Waals surface area contributed by atoms with Crippen LogP contribution in [0.5, 0.6) is 5.75 Å². The topological polar surface area (TPSA) is 98.4 Å². The van der Waals surface area contributed by atoms with Crippen molar-refractivity contribution in [2.75, 3.05) is 24.3 Å². The van der Waals surface area contributed by atoms with Crippen LogP contribution in [0.15, 0.2) is 83.9 Å². The SMILES string of the molecule is COc1ccc(N(CCC(N)=O)C(=O)CSc2nnc(-c3ccccc3)c3ccccc23)cc1. The van der Waals surface area contributed by atoms with E-state index in [-0.39, 0.29) is 24.6 Å². The van der Waals surface area contributed by atoms with Gasteiger partial charge in [0.05, 0.1) is 12.9 Å². The van der Waals surface area contributed by atoms with Crippen molar-refractivity contribution in [1.29, 1.82) is 0 Å². The molecule has 4 rings (SSSR count). The second-order valence-corrected chi connectivity index (χ2v) is 8.48. The van der Waals surface area contributed by atoms with Crippen LogP contribution in [-0.2, 0) is 9.59 Å². The van der Waals surface area contributed by atoms with Gasteiger partial charge in [-0.1, -0.05) is 66.4 Å². The normalized spacial score (nSPS) is 10.7. The summed E-state index contributed by atoms with van der Waals surface area (Å²) in [5.41, 5.74) is 7.78. The fraction of sp³-hybridized carbons (Fsp3) is 0.154. The summed E-state index contributed by atoms with van der Waals surface area (Å²) in [4.78, 5) is 26.1. The van der Waals surface area contributed by atoms with E-state index in [1.807, 2.05) is 54.6 Å². The monoisotopic (exact) mass is 472 g/mol. The first-order valence-corrected chi connectivity index (χ1v) is 11.7. The van der Waals surface area contributed by atoms with Gasteiger partial charge < -0.3 is 15.4 Å². The largest absolute Gasteiger partial charge is 0.497 e. The molecule has 0 aliphatic heterocycles. The highest BCUT2D eigenvalue weighted by atomic mass is 32.2. The van der Waals surface area contributed by atoms with Crippen LogP contribution in [0.3, 0.4) is 0 Å². The maximum absolute atomic E-state index is 13.2. The highest BCUT2D eigenvalue weighted by Gasteiger charge is 2.19. The quantitative estimate of drug-likeness (QED) is 0.365. The van der Waals surface area contributed by atoms with Crippen molar-refractivity contribution >= 4 is 40.0 Å². The first-order chi connectivity index (χ1) is 16.6. The Morgan fingerprint density at radius 1 is 0.912 bits per heavy atom. The van der Waals surface area contributed by atoms with Crippen LogP contribution in [0.25, 0.3) is 22.0 Å². The average Bonchev–Trinajstić information content (AvgIpc) is 2.88. The molecule has 1 aromatic heterocycles. The second kappa shape index (κ2) is 10.8. The molecule has 0 fully saturated rings. The molecule has 1 heterocycles. The number of rotatable bonds is 9. The van der Waals surface area contributed by atoms with Gasteiger partial charge in [0.1, 0.15) is 16.5 Å². The third-order valence-electron chi connectivity index (χ3n) is 5.30. The summed E-state index contributed by atoms with van der Waals surface area (Å²) >= 11 is 1.32. The number of anilines is 1. The van der Waals surface area contributed by atoms with Crippen molar-refractivity contribution in [2.24, 2.45) is 5.73 Å². The van der Waals surface area contributed by atoms with Crippen LogP contribution in [-0.4, -0.2) is 41.4 Å². The molecule has 0 atom stereocenters. The van der Waals surface area contributed by atoms with E-state index in [2.05, 4.69) is 10.2 Å². The number of primary amides is 1. The zero-order valence-corrected chi connectivity index (χ0v) is 19.5. The number of fused-ring (bicyclic) bond motifs is 1. The van der Waals surface area contributed by atoms with Gasteiger partial charge in [-0.2, -0.15) is 0 Å². The fourth-order valence-corrected chi connectivity index (χ4v) is 4.43. The first-order valence-electron chi connectivity index (χ1n) is 10.7. The van der Waals surface area contributed by atoms with Gasteiger partial charge >= 0.3 is 0 Å². The lowest BCUT2D eigenvalue weighted by atomic mass is 10.1. The first kappa shape index (κ1) is 23.3. The molecule has 0 aliphatic carbocycles. The summed E-state index contributed by atoms with van der Waals surface area (Å²) in [6.07, 6.45) is 0.0664. The number of benzene rings is 3. The molecule has 172 valence electrons. The van der Waals surface area contributed by atoms with Gasteiger partial charge in [-0.05, 0) is 24.3 Å². The van der Waals surface area contributed by atoms with Crippen molar-refractivity contribution in [1.82, 2.24) is 10.2 Å². The minimum absolute atomic E-state index is 0.0664. The van der Waals surface area contributed by atoms with Gasteiger partial charge in [0, 0.05) is 35.0 Å². The Bertz CT molecular complexity index is 1300. The lowest BCUT2D eigenvalue weighted by molar-refractivity contribution is -0.118. The zero-order chi connectivity index (χ0) is 23.9. The Morgan fingerprint density at radius 2 is 1.59 bits per heavy atom. The molecule has 0 spiro atoms. The number of nitrogens with two attached hydrogens (primary N) is 1. The van der Waals surface area contributed by atoms with Crippen molar-refractivity contribution in [2.45, 2.75) is 11.4 Å². The van der Waals surface area contributed by atoms with Gasteiger partial charge in [0.25, 0.3) is 0 Å². The molecule has 0 radical (unpaired) electrons. The van der Waals surface area contributed by atoms with E-state index in [4.69, 9.17) is 10.5 Å². The zero-order valence-electron chi connectivity index (χ0n) is 18.7. The van der Waals surface area contributed by atoms with E-state index in [0.29, 0.717) is 16.5 Å². The van der Waals surface area contributed by atoms with Gasteiger partial charge in [-0.15, -0.1) is 10.2 Å². The van der Waals surface area contributed by atoms with Gasteiger partial charge in [-0.25, -0.2) is 0 Å². The van der Waals surface area contributed by atoms with Gasteiger partial charge in [-0.3, -0.25) is 9.59 Å². The van der Waals surface area contributed by atoms with E-state index >= 15 is 0 Å². The summed E-state index contributed by atoms with van der Waals surface area (Å²) in [6.45, 7) is 0.195. The highest BCUT2D eigenvalue weighted by molar-refractivity contribution is 8.00. The third kappa shape index (κ3) is 5.35. The highest BCUT2D eigenvalue weighted by Crippen LogP contribution is 2.32. The molecular weight excluding hydrogens is 448 g/mol. The van der Waals surface area contributed by atoms with Crippen LogP contribution in [0.2, 0.25) is 0 Å². The number of carbonyl (C=O) groups is 2. The van der Waals surface area contributed by atoms with Gasteiger partial charge in [0.15, 0.2) is 0 Å². The molecular formula is C26H24N4O3S. The van der Waals surface area contributed by atoms with Crippen molar-refractivity contribution in [3.05, 3.63) is 78.9 Å². The molecule has 2 amide bonds. The van der Waals surface area contributed by atoms with E-state index in [9.17, 15) is 9.59 Å². The van der Waals surface area contributed by atoms with E-state index in [0.717, 1.165) is 22.0 Å². The molecule has 0 aliphatic rings. The number of aromatic nitrogens is 2. The maximum Gasteiger partial charge on any atom is 0.237 e. The lowest BCUT2D eigenvalue weighted by Crippen LogP contribution is -2.35. The summed E-state index contributed by atoms with van der Waals surface area (Å²) in [5, 5.41) is 11.5. The number of ether oxygens (including phenoxy) is 1. The Labute approximate surface area is 201 Å². The molecule has 4 aromatic rings. The lowest BCUT2D eigenvalue weighted by Gasteiger charge is -2.22. The molecule has 0 bridgehead atoms. The van der Waals surface area contributed by atoms with Crippen LogP contribution >= 0.6 is 11.8 Å². The predicted molar refractivity (Wildman–Crippen MR) is 135 cm³/mol. The predicted octanol–water partition coefficient (Wildman–Crippen LogP) is 4.31. The molecule has 7 nitrogen and oxygen atoms in total. The summed E-state index contributed by atoms with van der Waals surface area (Å²) in [6, 6.07) is 24.9. The number of thioether (sulfide) groups is 1. The minimum atomic E-state index is -0.465. The number of carbonyl (C=O) groups excluding carboxylic acids is 2. The van der Waals surface area contributed by atoms with Crippen LogP contribution < -0.4 is 15.4 Å². The number of hydrogen-bond acceptors (Lipinski definition) is 6. The van der Waals surface area contributed by atoms with Gasteiger partial charge in [0.2, 0.25) is 11.8 Å². The van der Waals surface area contributed by atoms with Crippen LogP contribution in [0, 0.1) is 0 Å². The minimum Gasteiger partial charge on any atom is -0.497 e. The number of hydrogen-bond donors (Lipinski definition) is 1. The molecule has 34 heavy (non-hydrogen) atoms. The van der Waals surface area contributed by atoms with E-state index < -0.39 is 5.91 Å². The molecule has 0 saturated carbocycles. The molecule has 8 heteroatoms. The van der Waals surface area contributed by atoms with Crippen LogP contribution in [0.1, 0.15) is 6.42 Å². The number of methoxy groups -OCH3 is 1. The van der Waals surface area contributed by atoms with E-state index in [1.165, 1.54) is 11.8 Å². The number of nitrogens with zero attached hydrogens (tertiary/aromatic N) is 3. The Morgan fingerprint density at radius 3 is 2.26 bits per heavy atom. The Hall–Kier alpha value is -3.91. The third-order valence-corrected chi connectivity index (χ3v) is 6.27. The molecule has 0 saturated heterocycles. The Kier molecular flexibility index (Phi) is 7.39. The number of amides is 2. The second-order valence-electron chi connectivity index (χ2n) is 7.51. The molecule has 3 aromatic carbocycles. The summed E-state index contributed by atoms with van der Waals surface area (Å²) in [5.74, 6) is 0.191. The van der Waals surface area contributed by atoms with Crippen molar-refractivity contribution < 1.29 is 14.3 Å². The Balaban J connectivity index is 1.57. The summed E-state index contributed by atoms with van der Waals surface area (Å²) in [7, 11) is 1.58. The average molecular weight is 473 g/mol. The van der Waals surface area contributed by atoms with E-state index in [1.54, 1.807) is 36.3 Å². The van der Waals surface area contributed by atoms with Crippen LogP contribution in [0.4, 0.5) is 5.69 Å². The van der Waals surface area contributed by atoms with Crippen molar-refractivity contribution in [3.63, 3.8) is 0 Å². The smallest absolute Gasteiger partial charge is 0.237 e. The fourth-order valence-electron chi connectivity index (χ4n) is 3.59. The summed E-state index contributed by atoms with van der Waals surface area (Å²) < 4.78 is 5.20. The maximum atomic E-state index is 13.2.